The average molecular weight is 304 g/mol. The highest BCUT2D eigenvalue weighted by molar-refractivity contribution is 5.93. The molecule has 0 radical (unpaired) electrons. The van der Waals surface area contributed by atoms with Crippen molar-refractivity contribution in [2.24, 2.45) is 0 Å². The van der Waals surface area contributed by atoms with E-state index < -0.39 is 17.8 Å². The number of hydrogen-bond donors (Lipinski definition) is 0. The number of rotatable bonds is 4. The molecule has 0 aromatic heterocycles. The van der Waals surface area contributed by atoms with Crippen molar-refractivity contribution in [3.63, 3.8) is 0 Å². The van der Waals surface area contributed by atoms with Gasteiger partial charge in [0.2, 0.25) is 0 Å². The van der Waals surface area contributed by atoms with Crippen molar-refractivity contribution in [2.75, 3.05) is 14.2 Å². The van der Waals surface area contributed by atoms with Crippen molar-refractivity contribution >= 4 is 11.9 Å². The fourth-order valence-corrected chi connectivity index (χ4v) is 1.78. The molecule has 0 amide bonds. The molecular weight excluding hydrogens is 291 g/mol. The van der Waals surface area contributed by atoms with Gasteiger partial charge in [0.05, 0.1) is 25.3 Å². The molecule has 2 aromatic rings. The monoisotopic (exact) mass is 304 g/mol. The number of carbonyl (C=O) groups excluding carboxylic acids is 2. The van der Waals surface area contributed by atoms with Gasteiger partial charge in [-0.15, -0.1) is 0 Å². The Balaban J connectivity index is 2.28. The Morgan fingerprint density at radius 3 is 2.32 bits per heavy atom. The summed E-state index contributed by atoms with van der Waals surface area (Å²) in [5, 5.41) is 0. The van der Waals surface area contributed by atoms with Crippen LogP contribution < -0.4 is 9.47 Å². The number of halogens is 1. The van der Waals surface area contributed by atoms with Crippen LogP contribution in [-0.4, -0.2) is 26.2 Å². The predicted molar refractivity (Wildman–Crippen MR) is 75.7 cm³/mol. The van der Waals surface area contributed by atoms with Crippen LogP contribution in [0.3, 0.4) is 0 Å². The first-order chi connectivity index (χ1) is 10.6. The van der Waals surface area contributed by atoms with Gasteiger partial charge in [-0.25, -0.2) is 14.0 Å². The molecule has 0 saturated carbocycles. The minimum absolute atomic E-state index is 0.0726. The van der Waals surface area contributed by atoms with E-state index >= 15 is 0 Å². The number of hydrogen-bond acceptors (Lipinski definition) is 5. The Kier molecular flexibility index (Phi) is 4.73. The Labute approximate surface area is 126 Å². The second-order valence-corrected chi connectivity index (χ2v) is 4.23. The number of ether oxygens (including phenoxy) is 3. The molecule has 0 bridgehead atoms. The van der Waals surface area contributed by atoms with Gasteiger partial charge < -0.3 is 14.2 Å². The zero-order valence-corrected chi connectivity index (χ0v) is 12.0. The Bertz CT molecular complexity index is 711. The lowest BCUT2D eigenvalue weighted by molar-refractivity contribution is 0.0600. The van der Waals surface area contributed by atoms with Crippen LogP contribution in [0, 0.1) is 5.82 Å². The Morgan fingerprint density at radius 1 is 0.955 bits per heavy atom. The number of carbonyl (C=O) groups is 2. The van der Waals surface area contributed by atoms with E-state index in [9.17, 15) is 14.0 Å². The standard InChI is InChI=1S/C16H13FO5/c1-20-14-9-10(15(18)21-2)7-8-13(14)22-16(19)11-5-3-4-6-12(11)17/h3-9H,1-2H3. The van der Waals surface area contributed by atoms with E-state index in [4.69, 9.17) is 9.47 Å². The molecule has 0 aliphatic carbocycles. The Morgan fingerprint density at radius 2 is 1.68 bits per heavy atom. The molecule has 114 valence electrons. The molecule has 0 heterocycles. The minimum atomic E-state index is -0.859. The van der Waals surface area contributed by atoms with Crippen molar-refractivity contribution in [3.8, 4) is 11.5 Å². The molecule has 22 heavy (non-hydrogen) atoms. The first-order valence-electron chi connectivity index (χ1n) is 6.30. The number of benzene rings is 2. The molecule has 0 aliphatic heterocycles. The molecular formula is C16H13FO5. The smallest absolute Gasteiger partial charge is 0.346 e. The lowest BCUT2D eigenvalue weighted by Gasteiger charge is -2.10. The quantitative estimate of drug-likeness (QED) is 0.642. The first-order valence-corrected chi connectivity index (χ1v) is 6.30. The van der Waals surface area contributed by atoms with Crippen molar-refractivity contribution in [1.82, 2.24) is 0 Å². The van der Waals surface area contributed by atoms with E-state index in [2.05, 4.69) is 4.74 Å². The van der Waals surface area contributed by atoms with Crippen LogP contribution >= 0.6 is 0 Å². The predicted octanol–water partition coefficient (Wildman–Crippen LogP) is 2.84. The highest BCUT2D eigenvalue weighted by atomic mass is 19.1. The van der Waals surface area contributed by atoms with Gasteiger partial charge in [0.1, 0.15) is 5.82 Å². The van der Waals surface area contributed by atoms with Gasteiger partial charge in [-0.2, -0.15) is 0 Å². The largest absolute Gasteiger partial charge is 0.493 e. The maximum Gasteiger partial charge on any atom is 0.346 e. The normalized spacial score (nSPS) is 9.95. The fraction of sp³-hybridized carbons (Fsp3) is 0.125. The van der Waals surface area contributed by atoms with Crippen LogP contribution in [-0.2, 0) is 4.74 Å². The summed E-state index contributed by atoms with van der Waals surface area (Å²) in [5.74, 6) is -1.86. The van der Waals surface area contributed by atoms with Crippen LogP contribution in [0.4, 0.5) is 4.39 Å². The van der Waals surface area contributed by atoms with Crippen LogP contribution in [0.5, 0.6) is 11.5 Å². The zero-order valence-electron chi connectivity index (χ0n) is 12.0. The topological polar surface area (TPSA) is 61.8 Å². The van der Waals surface area contributed by atoms with Gasteiger partial charge in [0.25, 0.3) is 0 Å². The average Bonchev–Trinajstić information content (AvgIpc) is 2.54. The summed E-state index contributed by atoms with van der Waals surface area (Å²) in [7, 11) is 2.61. The van der Waals surface area contributed by atoms with Crippen LogP contribution in [0.1, 0.15) is 20.7 Å². The summed E-state index contributed by atoms with van der Waals surface area (Å²) in [6.07, 6.45) is 0. The molecule has 6 heteroatoms. The lowest BCUT2D eigenvalue weighted by Crippen LogP contribution is -2.11. The molecule has 0 N–H and O–H groups in total. The third-order valence-corrected chi connectivity index (χ3v) is 2.88. The molecule has 0 atom stereocenters. The van der Waals surface area contributed by atoms with E-state index in [0.29, 0.717) is 0 Å². The van der Waals surface area contributed by atoms with Crippen molar-refractivity contribution in [2.45, 2.75) is 0 Å². The number of esters is 2. The van der Waals surface area contributed by atoms with Crippen molar-refractivity contribution in [3.05, 3.63) is 59.4 Å². The van der Waals surface area contributed by atoms with Crippen molar-refractivity contribution in [1.29, 1.82) is 0 Å². The molecule has 2 aromatic carbocycles. The Hall–Kier alpha value is -2.89. The second kappa shape index (κ2) is 6.71. The number of methoxy groups -OCH3 is 2. The van der Waals surface area contributed by atoms with E-state index in [-0.39, 0.29) is 22.6 Å². The third-order valence-electron chi connectivity index (χ3n) is 2.88. The van der Waals surface area contributed by atoms with Gasteiger partial charge in [-0.1, -0.05) is 12.1 Å². The summed E-state index contributed by atoms with van der Waals surface area (Å²) in [4.78, 5) is 23.4. The van der Waals surface area contributed by atoms with Gasteiger partial charge >= 0.3 is 11.9 Å². The molecule has 0 saturated heterocycles. The summed E-state index contributed by atoms with van der Waals surface area (Å²) in [6, 6.07) is 9.63. The molecule has 2 rings (SSSR count). The second-order valence-electron chi connectivity index (χ2n) is 4.23. The van der Waals surface area contributed by atoms with Gasteiger partial charge in [0.15, 0.2) is 11.5 Å². The summed E-state index contributed by atoms with van der Waals surface area (Å²) in [6.45, 7) is 0. The maximum atomic E-state index is 13.5. The van der Waals surface area contributed by atoms with Crippen LogP contribution in [0.25, 0.3) is 0 Å². The van der Waals surface area contributed by atoms with Gasteiger partial charge in [-0.3, -0.25) is 0 Å². The lowest BCUT2D eigenvalue weighted by atomic mass is 10.2. The first kappa shape index (κ1) is 15.5. The molecule has 0 unspecified atom stereocenters. The summed E-state index contributed by atoms with van der Waals surface area (Å²) < 4.78 is 28.3. The van der Waals surface area contributed by atoms with E-state index in [0.717, 1.165) is 6.07 Å². The summed E-state index contributed by atoms with van der Waals surface area (Å²) in [5.41, 5.74) is 0.0478. The highest BCUT2D eigenvalue weighted by Gasteiger charge is 2.17. The van der Waals surface area contributed by atoms with E-state index in [1.165, 1.54) is 50.6 Å². The highest BCUT2D eigenvalue weighted by Crippen LogP contribution is 2.29. The molecule has 0 spiro atoms. The molecule has 5 nitrogen and oxygen atoms in total. The van der Waals surface area contributed by atoms with Crippen molar-refractivity contribution < 1.29 is 28.2 Å². The van der Waals surface area contributed by atoms with Gasteiger partial charge in [0, 0.05) is 0 Å². The fourth-order valence-electron chi connectivity index (χ4n) is 1.78. The minimum Gasteiger partial charge on any atom is -0.493 e. The molecule has 0 fully saturated rings. The van der Waals surface area contributed by atoms with Crippen LogP contribution in [0.15, 0.2) is 42.5 Å². The zero-order chi connectivity index (χ0) is 16.1. The summed E-state index contributed by atoms with van der Waals surface area (Å²) >= 11 is 0. The molecule has 0 aliphatic rings. The maximum absolute atomic E-state index is 13.5. The van der Waals surface area contributed by atoms with E-state index in [1.54, 1.807) is 0 Å². The van der Waals surface area contributed by atoms with Gasteiger partial charge in [-0.05, 0) is 30.3 Å². The van der Waals surface area contributed by atoms with Crippen LogP contribution in [0.2, 0.25) is 0 Å². The SMILES string of the molecule is COC(=O)c1ccc(OC(=O)c2ccccc2F)c(OC)c1. The van der Waals surface area contributed by atoms with E-state index in [1.807, 2.05) is 0 Å². The third kappa shape index (κ3) is 3.22.